The van der Waals surface area contributed by atoms with Crippen LogP contribution in [-0.2, 0) is 27.2 Å². The molecular formula is C26H37NO5S. The fraction of sp³-hybridized carbons (Fsp3) is 0.654. The zero-order valence-electron chi connectivity index (χ0n) is 19.7. The van der Waals surface area contributed by atoms with Gasteiger partial charge in [-0.2, -0.15) is 0 Å². The Morgan fingerprint density at radius 2 is 1.52 bits per heavy atom. The molecule has 0 bridgehead atoms. The summed E-state index contributed by atoms with van der Waals surface area (Å²) in [6.07, 6.45) is 16.8. The maximum atomic E-state index is 13.1. The average molecular weight is 476 g/mol. The number of thiophene rings is 1. The van der Waals surface area contributed by atoms with E-state index in [1.807, 2.05) is 12.2 Å². The number of carboxylic acid groups (broad SMARTS) is 1. The van der Waals surface area contributed by atoms with E-state index in [9.17, 15) is 19.5 Å². The van der Waals surface area contributed by atoms with Gasteiger partial charge in [0.2, 0.25) is 5.91 Å². The highest BCUT2D eigenvalue weighted by Crippen LogP contribution is 2.38. The van der Waals surface area contributed by atoms with Gasteiger partial charge < -0.3 is 15.2 Å². The van der Waals surface area contributed by atoms with Crippen LogP contribution >= 0.6 is 11.3 Å². The maximum Gasteiger partial charge on any atom is 0.341 e. The molecule has 33 heavy (non-hydrogen) atoms. The lowest BCUT2D eigenvalue weighted by Crippen LogP contribution is -2.34. The molecule has 1 heterocycles. The summed E-state index contributed by atoms with van der Waals surface area (Å²) in [6, 6.07) is 0. The second kappa shape index (κ2) is 12.9. The maximum absolute atomic E-state index is 13.1. The van der Waals surface area contributed by atoms with E-state index < -0.39 is 23.8 Å². The highest BCUT2D eigenvalue weighted by molar-refractivity contribution is 7.17. The number of anilines is 1. The predicted molar refractivity (Wildman–Crippen MR) is 131 cm³/mol. The Hall–Kier alpha value is -2.15. The Bertz CT molecular complexity index is 859. The molecular weight excluding hydrogens is 438 g/mol. The summed E-state index contributed by atoms with van der Waals surface area (Å²) in [6.45, 7) is 2.05. The average Bonchev–Trinajstić information content (AvgIpc) is 3.14. The third-order valence-electron chi connectivity index (χ3n) is 6.72. The molecule has 2 aliphatic rings. The van der Waals surface area contributed by atoms with Crippen molar-refractivity contribution in [3.8, 4) is 0 Å². The summed E-state index contributed by atoms with van der Waals surface area (Å²) in [4.78, 5) is 39.0. The van der Waals surface area contributed by atoms with E-state index in [1.54, 1.807) is 6.92 Å². The Labute approximate surface area is 200 Å². The molecule has 182 valence electrons. The quantitative estimate of drug-likeness (QED) is 0.394. The van der Waals surface area contributed by atoms with E-state index in [0.717, 1.165) is 42.5 Å². The number of aliphatic carboxylic acids is 1. The van der Waals surface area contributed by atoms with Crippen LogP contribution in [0.1, 0.15) is 98.4 Å². The number of carbonyl (C=O) groups excluding carboxylic acids is 2. The van der Waals surface area contributed by atoms with Gasteiger partial charge in [0.15, 0.2) is 0 Å². The Balaban J connectivity index is 1.89. The number of allylic oxidation sites excluding steroid dienone is 2. The molecule has 0 unspecified atom stereocenters. The molecule has 2 atom stereocenters. The van der Waals surface area contributed by atoms with Crippen LogP contribution in [0.25, 0.3) is 0 Å². The summed E-state index contributed by atoms with van der Waals surface area (Å²) < 4.78 is 5.38. The summed E-state index contributed by atoms with van der Waals surface area (Å²) in [5.41, 5.74) is 1.50. The van der Waals surface area contributed by atoms with Crippen molar-refractivity contribution in [1.82, 2.24) is 0 Å². The minimum absolute atomic E-state index is 0.269. The number of aryl methyl sites for hydroxylation is 1. The first-order valence-corrected chi connectivity index (χ1v) is 13.3. The molecule has 0 radical (unpaired) electrons. The van der Waals surface area contributed by atoms with Crippen LogP contribution in [-0.4, -0.2) is 29.6 Å². The highest BCUT2D eigenvalue weighted by atomic mass is 32.1. The second-order valence-electron chi connectivity index (χ2n) is 9.09. The van der Waals surface area contributed by atoms with Crippen molar-refractivity contribution in [3.63, 3.8) is 0 Å². The van der Waals surface area contributed by atoms with Crippen LogP contribution in [0.15, 0.2) is 12.2 Å². The lowest BCUT2D eigenvalue weighted by Gasteiger charge is -2.24. The molecule has 3 rings (SSSR count). The van der Waals surface area contributed by atoms with Gasteiger partial charge in [-0.25, -0.2) is 4.79 Å². The Kier molecular flexibility index (Phi) is 9.97. The van der Waals surface area contributed by atoms with E-state index in [0.29, 0.717) is 23.4 Å². The number of ether oxygens (including phenoxy) is 1. The first-order chi connectivity index (χ1) is 16.0. The van der Waals surface area contributed by atoms with Gasteiger partial charge in [0.05, 0.1) is 24.0 Å². The van der Waals surface area contributed by atoms with E-state index >= 15 is 0 Å². The third-order valence-corrected chi connectivity index (χ3v) is 7.93. The minimum atomic E-state index is -0.959. The lowest BCUT2D eigenvalue weighted by molar-refractivity contribution is -0.146. The molecule has 1 aromatic rings. The van der Waals surface area contributed by atoms with Crippen LogP contribution in [0.2, 0.25) is 0 Å². The van der Waals surface area contributed by atoms with Crippen LogP contribution in [0.3, 0.4) is 0 Å². The van der Waals surface area contributed by atoms with Crippen molar-refractivity contribution in [2.75, 3.05) is 11.9 Å². The monoisotopic (exact) mass is 475 g/mol. The van der Waals surface area contributed by atoms with E-state index in [1.165, 1.54) is 49.9 Å². The topological polar surface area (TPSA) is 92.7 Å². The van der Waals surface area contributed by atoms with Crippen molar-refractivity contribution in [2.45, 2.75) is 90.4 Å². The normalized spacial score (nSPS) is 22.2. The van der Waals surface area contributed by atoms with Crippen molar-refractivity contribution >= 4 is 34.2 Å². The van der Waals surface area contributed by atoms with Gasteiger partial charge in [-0.15, -0.1) is 11.3 Å². The molecule has 0 saturated carbocycles. The lowest BCUT2D eigenvalue weighted by atomic mass is 9.82. The van der Waals surface area contributed by atoms with Crippen molar-refractivity contribution in [1.29, 1.82) is 0 Å². The Morgan fingerprint density at radius 3 is 2.12 bits per heavy atom. The number of carboxylic acids is 1. The van der Waals surface area contributed by atoms with Crippen LogP contribution < -0.4 is 5.32 Å². The molecule has 1 aromatic heterocycles. The van der Waals surface area contributed by atoms with Gasteiger partial charge >= 0.3 is 11.9 Å². The van der Waals surface area contributed by atoms with Gasteiger partial charge in [0.25, 0.3) is 0 Å². The third kappa shape index (κ3) is 6.92. The molecule has 0 spiro atoms. The van der Waals surface area contributed by atoms with E-state index in [2.05, 4.69) is 5.32 Å². The Morgan fingerprint density at radius 1 is 0.939 bits per heavy atom. The minimum Gasteiger partial charge on any atom is -0.481 e. The number of hydrogen-bond acceptors (Lipinski definition) is 5. The number of amides is 1. The fourth-order valence-electron chi connectivity index (χ4n) is 4.89. The largest absolute Gasteiger partial charge is 0.481 e. The second-order valence-corrected chi connectivity index (χ2v) is 10.2. The molecule has 1 amide bonds. The summed E-state index contributed by atoms with van der Waals surface area (Å²) in [5.74, 6) is -3.07. The van der Waals surface area contributed by atoms with Crippen molar-refractivity contribution in [3.05, 3.63) is 28.2 Å². The van der Waals surface area contributed by atoms with Gasteiger partial charge in [-0.1, -0.05) is 57.1 Å². The number of hydrogen-bond donors (Lipinski definition) is 2. The number of carbonyl (C=O) groups is 3. The summed E-state index contributed by atoms with van der Waals surface area (Å²) in [5, 5.41) is 13.0. The molecule has 0 saturated heterocycles. The van der Waals surface area contributed by atoms with Gasteiger partial charge in [-0.3, -0.25) is 9.59 Å². The zero-order chi connectivity index (χ0) is 23.6. The van der Waals surface area contributed by atoms with Crippen LogP contribution in [0.5, 0.6) is 0 Å². The molecule has 2 N–H and O–H groups in total. The number of nitrogens with one attached hydrogen (secondary N) is 1. The van der Waals surface area contributed by atoms with Gasteiger partial charge in [0.1, 0.15) is 5.00 Å². The van der Waals surface area contributed by atoms with Crippen LogP contribution in [0, 0.1) is 11.8 Å². The summed E-state index contributed by atoms with van der Waals surface area (Å²) >= 11 is 1.48. The standard InChI is InChI=1S/C26H37NO5S/c1-2-32-26(31)22-20-16-10-8-6-4-3-5-7-9-11-17-21(20)33-24(22)27-23(28)18-14-12-13-15-19(18)25(29)30/h12-13,18-19H,2-11,14-17H2,1H3,(H,27,28)(H,29,30)/t18-,19+/m1/s1. The van der Waals surface area contributed by atoms with Gasteiger partial charge in [0, 0.05) is 4.88 Å². The molecule has 0 aliphatic heterocycles. The first kappa shape index (κ1) is 25.5. The fourth-order valence-corrected chi connectivity index (χ4v) is 6.17. The number of esters is 1. The predicted octanol–water partition coefficient (Wildman–Crippen LogP) is 6.14. The zero-order valence-corrected chi connectivity index (χ0v) is 20.5. The van der Waals surface area contributed by atoms with E-state index in [-0.39, 0.29) is 12.5 Å². The molecule has 7 heteroatoms. The van der Waals surface area contributed by atoms with Crippen molar-refractivity contribution < 1.29 is 24.2 Å². The highest BCUT2D eigenvalue weighted by Gasteiger charge is 2.35. The molecule has 2 aliphatic carbocycles. The number of fused-ring (bicyclic) bond motifs is 1. The van der Waals surface area contributed by atoms with Crippen LogP contribution in [0.4, 0.5) is 5.00 Å². The first-order valence-electron chi connectivity index (χ1n) is 12.5. The SMILES string of the molecule is CCOC(=O)c1c(NC(=O)[C@@H]2CC=CC[C@@H]2C(=O)O)sc2c1CCCCCCCCCCC2. The van der Waals surface area contributed by atoms with Gasteiger partial charge in [-0.05, 0) is 51.0 Å². The smallest absolute Gasteiger partial charge is 0.341 e. The van der Waals surface area contributed by atoms with Crippen molar-refractivity contribution in [2.24, 2.45) is 11.8 Å². The number of rotatable bonds is 5. The molecule has 6 nitrogen and oxygen atoms in total. The summed E-state index contributed by atoms with van der Waals surface area (Å²) in [7, 11) is 0. The molecule has 0 aromatic carbocycles. The molecule has 0 fully saturated rings. The van der Waals surface area contributed by atoms with E-state index in [4.69, 9.17) is 4.74 Å².